The van der Waals surface area contributed by atoms with Crippen LogP contribution in [0.5, 0.6) is 5.88 Å². The Balaban J connectivity index is 3.07. The predicted molar refractivity (Wildman–Crippen MR) is 57.9 cm³/mol. The minimum absolute atomic E-state index is 0.207. The van der Waals surface area contributed by atoms with Crippen LogP contribution in [0.4, 0.5) is 13.2 Å². The molecular weight excluding hydrogens is 345 g/mol. The summed E-state index contributed by atoms with van der Waals surface area (Å²) in [6.07, 6.45) is -3.44. The van der Waals surface area contributed by atoms with Crippen LogP contribution in [-0.2, 0) is 5.88 Å². The number of pyridine rings is 1. The molecule has 1 rings (SSSR count). The summed E-state index contributed by atoms with van der Waals surface area (Å²) in [6, 6.07) is 0. The van der Waals surface area contributed by atoms with Crippen molar-refractivity contribution in [2.75, 3.05) is 0 Å². The van der Waals surface area contributed by atoms with Crippen LogP contribution in [0.3, 0.4) is 0 Å². The summed E-state index contributed by atoms with van der Waals surface area (Å²) in [5.41, 5.74) is 1.02. The van der Waals surface area contributed by atoms with E-state index in [1.807, 2.05) is 22.6 Å². The maximum atomic E-state index is 11.9. The lowest BCUT2D eigenvalue weighted by atomic mass is 10.2. The number of rotatable bonds is 2. The molecule has 84 valence electrons. The van der Waals surface area contributed by atoms with Crippen molar-refractivity contribution in [3.63, 3.8) is 0 Å². The van der Waals surface area contributed by atoms with Gasteiger partial charge in [-0.05, 0) is 35.1 Å². The number of halogens is 5. The van der Waals surface area contributed by atoms with Crippen LogP contribution >= 0.6 is 34.2 Å². The highest BCUT2D eigenvalue weighted by Gasteiger charge is 2.32. The van der Waals surface area contributed by atoms with Gasteiger partial charge in [-0.15, -0.1) is 24.8 Å². The highest BCUT2D eigenvalue weighted by atomic mass is 127. The van der Waals surface area contributed by atoms with Crippen LogP contribution < -0.4 is 4.74 Å². The first-order valence-corrected chi connectivity index (χ1v) is 5.42. The standard InChI is InChI=1S/C8H6ClF3INO/c1-4-6(13)5(2-9)3-14-7(4)15-8(10,11)12/h3H,2H2,1H3. The van der Waals surface area contributed by atoms with Gasteiger partial charge in [0, 0.05) is 21.2 Å². The molecule has 0 atom stereocenters. The molecule has 0 aliphatic heterocycles. The molecule has 0 saturated carbocycles. The number of hydrogen-bond acceptors (Lipinski definition) is 2. The van der Waals surface area contributed by atoms with E-state index in [9.17, 15) is 13.2 Å². The van der Waals surface area contributed by atoms with Gasteiger partial charge in [-0.1, -0.05) is 0 Å². The summed E-state index contributed by atoms with van der Waals surface area (Å²) >= 11 is 7.49. The van der Waals surface area contributed by atoms with E-state index in [4.69, 9.17) is 11.6 Å². The molecule has 0 unspecified atom stereocenters. The Bertz CT molecular complexity index is 370. The molecule has 0 N–H and O–H groups in total. The Morgan fingerprint density at radius 3 is 2.60 bits per heavy atom. The fourth-order valence-electron chi connectivity index (χ4n) is 0.930. The highest BCUT2D eigenvalue weighted by Crippen LogP contribution is 2.28. The molecule has 0 aromatic carbocycles. The van der Waals surface area contributed by atoms with E-state index < -0.39 is 12.2 Å². The van der Waals surface area contributed by atoms with Crippen LogP contribution in [0, 0.1) is 10.5 Å². The van der Waals surface area contributed by atoms with Gasteiger partial charge >= 0.3 is 6.36 Å². The number of aromatic nitrogens is 1. The first-order valence-electron chi connectivity index (χ1n) is 3.81. The average molecular weight is 351 g/mol. The van der Waals surface area contributed by atoms with Crippen LogP contribution in [0.1, 0.15) is 11.1 Å². The van der Waals surface area contributed by atoms with Crippen LogP contribution in [0.2, 0.25) is 0 Å². The Kier molecular flexibility index (Phi) is 4.05. The molecule has 0 aliphatic carbocycles. The Morgan fingerprint density at radius 2 is 2.13 bits per heavy atom. The second-order valence-corrected chi connectivity index (χ2v) is 4.06. The number of ether oxygens (including phenoxy) is 1. The van der Waals surface area contributed by atoms with E-state index in [1.54, 1.807) is 0 Å². The van der Waals surface area contributed by atoms with Crippen molar-refractivity contribution in [1.29, 1.82) is 0 Å². The monoisotopic (exact) mass is 351 g/mol. The minimum atomic E-state index is -4.72. The lowest BCUT2D eigenvalue weighted by Crippen LogP contribution is -2.19. The minimum Gasteiger partial charge on any atom is -0.388 e. The zero-order chi connectivity index (χ0) is 11.6. The SMILES string of the molecule is Cc1c(OC(F)(F)F)ncc(CCl)c1I. The first-order chi connectivity index (χ1) is 6.85. The molecule has 1 aromatic heterocycles. The first kappa shape index (κ1) is 12.8. The van der Waals surface area contributed by atoms with Gasteiger partial charge in [0.2, 0.25) is 5.88 Å². The summed E-state index contributed by atoms with van der Waals surface area (Å²) < 4.78 is 40.2. The molecule has 0 amide bonds. The quantitative estimate of drug-likeness (QED) is 0.600. The van der Waals surface area contributed by atoms with Crippen molar-refractivity contribution in [3.8, 4) is 5.88 Å². The summed E-state index contributed by atoms with van der Waals surface area (Å²) in [7, 11) is 0. The smallest absolute Gasteiger partial charge is 0.388 e. The van der Waals surface area contributed by atoms with E-state index in [-0.39, 0.29) is 5.88 Å². The summed E-state index contributed by atoms with van der Waals surface area (Å²) in [5, 5.41) is 0. The zero-order valence-corrected chi connectivity index (χ0v) is 10.4. The third kappa shape index (κ3) is 3.37. The third-order valence-corrected chi connectivity index (χ3v) is 3.42. The van der Waals surface area contributed by atoms with Gasteiger partial charge in [0.1, 0.15) is 0 Å². The zero-order valence-electron chi connectivity index (χ0n) is 7.53. The molecule has 0 saturated heterocycles. The molecule has 0 aliphatic rings. The van der Waals surface area contributed by atoms with E-state index in [2.05, 4.69) is 9.72 Å². The van der Waals surface area contributed by atoms with Crippen molar-refractivity contribution >= 4 is 34.2 Å². The highest BCUT2D eigenvalue weighted by molar-refractivity contribution is 14.1. The molecule has 0 bridgehead atoms. The van der Waals surface area contributed by atoms with Gasteiger partial charge in [0.25, 0.3) is 0 Å². The Labute approximate surface area is 103 Å². The molecular formula is C8H6ClF3INO. The molecule has 15 heavy (non-hydrogen) atoms. The topological polar surface area (TPSA) is 22.1 Å². The number of nitrogens with zero attached hydrogens (tertiary/aromatic N) is 1. The summed E-state index contributed by atoms with van der Waals surface area (Å²) in [4.78, 5) is 3.56. The molecule has 7 heteroatoms. The number of hydrogen-bond donors (Lipinski definition) is 0. The van der Waals surface area contributed by atoms with Crippen molar-refractivity contribution in [2.45, 2.75) is 19.2 Å². The normalized spacial score (nSPS) is 11.6. The average Bonchev–Trinajstić information content (AvgIpc) is 2.11. The maximum absolute atomic E-state index is 11.9. The summed E-state index contributed by atoms with van der Waals surface area (Å²) in [5.74, 6) is -0.223. The van der Waals surface area contributed by atoms with Gasteiger partial charge in [-0.25, -0.2) is 4.98 Å². The molecule has 1 aromatic rings. The molecule has 0 radical (unpaired) electrons. The van der Waals surface area contributed by atoms with E-state index in [1.165, 1.54) is 13.1 Å². The van der Waals surface area contributed by atoms with Crippen molar-refractivity contribution < 1.29 is 17.9 Å². The van der Waals surface area contributed by atoms with Crippen molar-refractivity contribution in [1.82, 2.24) is 4.98 Å². The fourth-order valence-corrected chi connectivity index (χ4v) is 1.92. The molecule has 0 fully saturated rings. The summed E-state index contributed by atoms with van der Waals surface area (Å²) in [6.45, 7) is 1.51. The Hall–Kier alpha value is -0.240. The predicted octanol–water partition coefficient (Wildman–Crippen LogP) is 3.63. The lowest BCUT2D eigenvalue weighted by Gasteiger charge is -2.12. The molecule has 2 nitrogen and oxygen atoms in total. The van der Waals surface area contributed by atoms with Gasteiger partial charge in [0.05, 0.1) is 0 Å². The Morgan fingerprint density at radius 1 is 1.53 bits per heavy atom. The van der Waals surface area contributed by atoms with Crippen LogP contribution in [-0.4, -0.2) is 11.3 Å². The number of alkyl halides is 4. The van der Waals surface area contributed by atoms with E-state index in [0.29, 0.717) is 14.7 Å². The largest absolute Gasteiger partial charge is 0.574 e. The van der Waals surface area contributed by atoms with Gasteiger partial charge in [-0.2, -0.15) is 0 Å². The van der Waals surface area contributed by atoms with E-state index >= 15 is 0 Å². The van der Waals surface area contributed by atoms with E-state index in [0.717, 1.165) is 0 Å². The molecule has 1 heterocycles. The second kappa shape index (κ2) is 4.73. The lowest BCUT2D eigenvalue weighted by molar-refractivity contribution is -0.276. The van der Waals surface area contributed by atoms with Gasteiger partial charge < -0.3 is 4.74 Å². The fraction of sp³-hybridized carbons (Fsp3) is 0.375. The van der Waals surface area contributed by atoms with Crippen LogP contribution in [0.25, 0.3) is 0 Å². The second-order valence-electron chi connectivity index (χ2n) is 2.71. The molecule has 0 spiro atoms. The van der Waals surface area contributed by atoms with Gasteiger partial charge in [-0.3, -0.25) is 0 Å². The van der Waals surface area contributed by atoms with Crippen molar-refractivity contribution in [2.24, 2.45) is 0 Å². The van der Waals surface area contributed by atoms with Gasteiger partial charge in [0.15, 0.2) is 0 Å². The third-order valence-electron chi connectivity index (χ3n) is 1.63. The van der Waals surface area contributed by atoms with Crippen molar-refractivity contribution in [3.05, 3.63) is 20.9 Å². The van der Waals surface area contributed by atoms with Crippen LogP contribution in [0.15, 0.2) is 6.20 Å². The maximum Gasteiger partial charge on any atom is 0.574 e.